The van der Waals surface area contributed by atoms with E-state index in [-0.39, 0.29) is 5.92 Å². The summed E-state index contributed by atoms with van der Waals surface area (Å²) in [6, 6.07) is 18.5. The molecule has 1 aliphatic rings. The topological polar surface area (TPSA) is 40.9 Å². The van der Waals surface area contributed by atoms with Gasteiger partial charge >= 0.3 is 0 Å². The maximum atomic E-state index is 10.8. The van der Waals surface area contributed by atoms with E-state index in [9.17, 15) is 4.79 Å². The summed E-state index contributed by atoms with van der Waals surface area (Å²) in [5.74, 6) is 0.861. The number of hydrogen-bond donors (Lipinski definition) is 0. The largest absolute Gasteiger partial charge is 0.303 e. The third-order valence-corrected chi connectivity index (χ3v) is 4.69. The minimum Gasteiger partial charge on any atom is -0.303 e. The molecule has 0 unspecified atom stereocenters. The summed E-state index contributed by atoms with van der Waals surface area (Å²) in [6.07, 6.45) is 5.38. The Morgan fingerprint density at radius 3 is 1.91 bits per heavy atom. The first kappa shape index (κ1) is 14.5. The highest BCUT2D eigenvalue weighted by Gasteiger charge is 2.21. The molecular formula is C20H19NO. The highest BCUT2D eigenvalue weighted by Crippen LogP contribution is 2.35. The molecule has 2 nitrogen and oxygen atoms in total. The van der Waals surface area contributed by atoms with Crippen molar-refractivity contribution < 1.29 is 4.79 Å². The summed E-state index contributed by atoms with van der Waals surface area (Å²) in [6.45, 7) is 0. The molecule has 0 aromatic heterocycles. The third kappa shape index (κ3) is 3.09. The molecule has 0 atom stereocenters. The second-order valence-corrected chi connectivity index (χ2v) is 6.06. The smallest absolute Gasteiger partial charge is 0.123 e. The molecule has 0 radical (unpaired) electrons. The normalized spacial score (nSPS) is 21.0. The lowest BCUT2D eigenvalue weighted by Crippen LogP contribution is -2.14. The van der Waals surface area contributed by atoms with Crippen LogP contribution in [-0.2, 0) is 4.79 Å². The molecule has 1 aliphatic carbocycles. The molecule has 3 rings (SSSR count). The van der Waals surface area contributed by atoms with Crippen LogP contribution in [0.3, 0.4) is 0 Å². The number of aldehydes is 1. The molecular weight excluding hydrogens is 270 g/mol. The lowest BCUT2D eigenvalue weighted by Gasteiger charge is -2.25. The van der Waals surface area contributed by atoms with E-state index in [4.69, 9.17) is 5.26 Å². The van der Waals surface area contributed by atoms with Crippen molar-refractivity contribution >= 4 is 6.29 Å². The molecule has 110 valence electrons. The maximum absolute atomic E-state index is 10.8. The summed E-state index contributed by atoms with van der Waals surface area (Å²) in [7, 11) is 0. The number of benzene rings is 2. The molecule has 0 bridgehead atoms. The van der Waals surface area contributed by atoms with Gasteiger partial charge in [0, 0.05) is 5.92 Å². The molecule has 0 amide bonds. The average molecular weight is 289 g/mol. The Morgan fingerprint density at radius 1 is 0.864 bits per heavy atom. The SMILES string of the molecule is N#Cc1ccc(-c2ccc(C3CCC(C=O)CC3)cc2)cc1. The van der Waals surface area contributed by atoms with Crippen molar-refractivity contribution in [3.63, 3.8) is 0 Å². The van der Waals surface area contributed by atoms with Crippen molar-refractivity contribution in [2.24, 2.45) is 5.92 Å². The van der Waals surface area contributed by atoms with Crippen LogP contribution in [0.25, 0.3) is 11.1 Å². The van der Waals surface area contributed by atoms with Crippen molar-refractivity contribution in [3.05, 3.63) is 59.7 Å². The van der Waals surface area contributed by atoms with E-state index in [0.29, 0.717) is 11.5 Å². The Hall–Kier alpha value is -2.40. The van der Waals surface area contributed by atoms with Crippen molar-refractivity contribution in [2.75, 3.05) is 0 Å². The maximum Gasteiger partial charge on any atom is 0.123 e. The van der Waals surface area contributed by atoms with Crippen molar-refractivity contribution in [1.29, 1.82) is 5.26 Å². The van der Waals surface area contributed by atoms with Crippen LogP contribution >= 0.6 is 0 Å². The first-order valence-electron chi connectivity index (χ1n) is 7.86. The van der Waals surface area contributed by atoms with E-state index in [0.717, 1.165) is 37.5 Å². The van der Waals surface area contributed by atoms with Crippen LogP contribution in [0.5, 0.6) is 0 Å². The van der Waals surface area contributed by atoms with Gasteiger partial charge in [0.1, 0.15) is 6.29 Å². The van der Waals surface area contributed by atoms with Gasteiger partial charge < -0.3 is 4.79 Å². The molecule has 0 spiro atoms. The lowest BCUT2D eigenvalue weighted by atomic mass is 9.79. The number of hydrogen-bond acceptors (Lipinski definition) is 2. The minimum atomic E-state index is 0.272. The lowest BCUT2D eigenvalue weighted by molar-refractivity contribution is -0.111. The third-order valence-electron chi connectivity index (χ3n) is 4.69. The highest BCUT2D eigenvalue weighted by molar-refractivity contribution is 5.64. The zero-order valence-corrected chi connectivity index (χ0v) is 12.5. The zero-order valence-electron chi connectivity index (χ0n) is 12.5. The van der Waals surface area contributed by atoms with E-state index in [1.54, 1.807) is 0 Å². The number of nitriles is 1. The Labute approximate surface area is 131 Å². The van der Waals surface area contributed by atoms with Gasteiger partial charge in [0.25, 0.3) is 0 Å². The van der Waals surface area contributed by atoms with E-state index in [1.165, 1.54) is 11.1 Å². The molecule has 1 saturated carbocycles. The quantitative estimate of drug-likeness (QED) is 0.768. The fourth-order valence-electron chi connectivity index (χ4n) is 3.27. The van der Waals surface area contributed by atoms with E-state index < -0.39 is 0 Å². The summed E-state index contributed by atoms with van der Waals surface area (Å²) >= 11 is 0. The van der Waals surface area contributed by atoms with E-state index in [2.05, 4.69) is 30.3 Å². The Kier molecular flexibility index (Phi) is 4.34. The van der Waals surface area contributed by atoms with Crippen molar-refractivity contribution in [1.82, 2.24) is 0 Å². The average Bonchev–Trinajstić information content (AvgIpc) is 2.62. The Balaban J connectivity index is 1.72. The monoisotopic (exact) mass is 289 g/mol. The van der Waals surface area contributed by atoms with Gasteiger partial charge in [-0.15, -0.1) is 0 Å². The molecule has 2 aromatic rings. The van der Waals surface area contributed by atoms with Crippen LogP contribution in [0, 0.1) is 17.2 Å². The van der Waals surface area contributed by atoms with Crippen LogP contribution in [0.15, 0.2) is 48.5 Å². The van der Waals surface area contributed by atoms with Crippen LogP contribution in [0.1, 0.15) is 42.7 Å². The highest BCUT2D eigenvalue weighted by atomic mass is 16.1. The molecule has 22 heavy (non-hydrogen) atoms. The Bertz CT molecular complexity index is 671. The van der Waals surface area contributed by atoms with Gasteiger partial charge in [-0.25, -0.2) is 0 Å². The fraction of sp³-hybridized carbons (Fsp3) is 0.300. The van der Waals surface area contributed by atoms with Crippen LogP contribution in [0.2, 0.25) is 0 Å². The van der Waals surface area contributed by atoms with Gasteiger partial charge in [-0.1, -0.05) is 36.4 Å². The molecule has 1 fully saturated rings. The zero-order chi connectivity index (χ0) is 15.4. The molecule has 0 saturated heterocycles. The van der Waals surface area contributed by atoms with Gasteiger partial charge in [-0.05, 0) is 60.4 Å². The number of carbonyl (C=O) groups excluding carboxylic acids is 1. The van der Waals surface area contributed by atoms with E-state index in [1.807, 2.05) is 24.3 Å². The van der Waals surface area contributed by atoms with Crippen molar-refractivity contribution in [3.8, 4) is 17.2 Å². The number of carbonyl (C=O) groups is 1. The van der Waals surface area contributed by atoms with Gasteiger partial charge in [-0.2, -0.15) is 5.26 Å². The van der Waals surface area contributed by atoms with Crippen LogP contribution in [-0.4, -0.2) is 6.29 Å². The molecule has 0 heterocycles. The Morgan fingerprint density at radius 2 is 1.41 bits per heavy atom. The summed E-state index contributed by atoms with van der Waals surface area (Å²) in [4.78, 5) is 10.8. The minimum absolute atomic E-state index is 0.272. The molecule has 2 heteroatoms. The predicted octanol–water partition coefficient (Wildman–Crippen LogP) is 4.70. The van der Waals surface area contributed by atoms with Crippen molar-refractivity contribution in [2.45, 2.75) is 31.6 Å². The van der Waals surface area contributed by atoms with Gasteiger partial charge in [0.05, 0.1) is 11.6 Å². The second-order valence-electron chi connectivity index (χ2n) is 6.06. The number of nitrogens with zero attached hydrogens (tertiary/aromatic N) is 1. The molecule has 0 N–H and O–H groups in total. The first-order chi connectivity index (χ1) is 10.8. The second kappa shape index (κ2) is 6.58. The van der Waals surface area contributed by atoms with Crippen LogP contribution in [0.4, 0.5) is 0 Å². The summed E-state index contributed by atoms with van der Waals surface area (Å²) < 4.78 is 0. The van der Waals surface area contributed by atoms with Gasteiger partial charge in [0.2, 0.25) is 0 Å². The first-order valence-corrected chi connectivity index (χ1v) is 7.86. The van der Waals surface area contributed by atoms with Crippen LogP contribution < -0.4 is 0 Å². The van der Waals surface area contributed by atoms with Gasteiger partial charge in [-0.3, -0.25) is 0 Å². The molecule has 0 aliphatic heterocycles. The number of rotatable bonds is 3. The van der Waals surface area contributed by atoms with E-state index >= 15 is 0 Å². The standard InChI is InChI=1S/C20H19NO/c21-13-15-1-5-17(6-2-15)19-9-11-20(12-10-19)18-7-3-16(14-22)4-8-18/h1-2,5-6,9-12,14,16,18H,3-4,7-8H2. The predicted molar refractivity (Wildman–Crippen MR) is 87.4 cm³/mol. The summed E-state index contributed by atoms with van der Waals surface area (Å²) in [5.41, 5.74) is 4.37. The fourth-order valence-corrected chi connectivity index (χ4v) is 3.27. The van der Waals surface area contributed by atoms with Gasteiger partial charge in [0.15, 0.2) is 0 Å². The molecule has 2 aromatic carbocycles. The summed E-state index contributed by atoms with van der Waals surface area (Å²) in [5, 5.41) is 8.84.